The van der Waals surface area contributed by atoms with Crippen LogP contribution in [0, 0.1) is 0 Å². The lowest BCUT2D eigenvalue weighted by Crippen LogP contribution is -2.06. The smallest absolute Gasteiger partial charge is 0.166 e. The minimum Gasteiger partial charge on any atom is -0.166 e. The molecule has 0 aromatic heterocycles. The predicted molar refractivity (Wildman–Crippen MR) is 55.5 cm³/mol. The highest BCUT2D eigenvalue weighted by molar-refractivity contribution is 5.50. The Bertz CT molecular complexity index is 350. The predicted octanol–water partition coefficient (Wildman–Crippen LogP) is 4.30. The molecule has 0 N–H and O–H groups in total. The van der Waals surface area contributed by atoms with Crippen molar-refractivity contribution >= 4 is 6.08 Å². The number of aryl methyl sites for hydroxylation is 1. The first-order valence-electron chi connectivity index (χ1n) is 4.81. The number of alkyl halides is 3. The van der Waals surface area contributed by atoms with Gasteiger partial charge in [-0.25, -0.2) is 0 Å². The molecule has 0 aliphatic rings. The molecule has 0 nitrogen and oxygen atoms in total. The molecule has 0 bridgehead atoms. The average Bonchev–Trinajstić information content (AvgIpc) is 2.16. The van der Waals surface area contributed by atoms with Crippen molar-refractivity contribution in [3.63, 3.8) is 0 Å². The van der Waals surface area contributed by atoms with Crippen LogP contribution in [-0.4, -0.2) is 0 Å². The monoisotopic (exact) mass is 214 g/mol. The van der Waals surface area contributed by atoms with E-state index in [0.717, 1.165) is 12.5 Å². The summed E-state index contributed by atoms with van der Waals surface area (Å²) in [5.41, 5.74) is 0.638. The summed E-state index contributed by atoms with van der Waals surface area (Å²) in [7, 11) is 0. The van der Waals surface area contributed by atoms with Gasteiger partial charge in [0, 0.05) is 0 Å². The second-order valence-electron chi connectivity index (χ2n) is 3.42. The van der Waals surface area contributed by atoms with Crippen LogP contribution in [0.25, 0.3) is 6.08 Å². The summed E-state index contributed by atoms with van der Waals surface area (Å²) < 4.78 is 37.5. The van der Waals surface area contributed by atoms with Gasteiger partial charge in [0.2, 0.25) is 0 Å². The number of hydrogen-bond donors (Lipinski definition) is 0. The second-order valence-corrected chi connectivity index (χ2v) is 3.42. The van der Waals surface area contributed by atoms with Gasteiger partial charge in [-0.05, 0) is 29.7 Å². The normalized spacial score (nSPS) is 11.5. The molecule has 15 heavy (non-hydrogen) atoms. The molecule has 0 radical (unpaired) electrons. The van der Waals surface area contributed by atoms with Crippen LogP contribution in [0.15, 0.2) is 24.8 Å². The molecule has 0 heterocycles. The minimum atomic E-state index is -4.28. The van der Waals surface area contributed by atoms with Gasteiger partial charge in [-0.3, -0.25) is 0 Å². The van der Waals surface area contributed by atoms with E-state index in [9.17, 15) is 13.2 Å². The zero-order valence-corrected chi connectivity index (χ0v) is 8.56. The summed E-state index contributed by atoms with van der Waals surface area (Å²) in [4.78, 5) is 0. The van der Waals surface area contributed by atoms with Crippen LogP contribution in [0.1, 0.15) is 30.0 Å². The fraction of sp³-hybridized carbons (Fsp3) is 0.333. The van der Waals surface area contributed by atoms with Gasteiger partial charge in [0.25, 0.3) is 0 Å². The SMILES string of the molecule is C=Cc1cc(CCC)cc(C(F)(F)F)c1. The van der Waals surface area contributed by atoms with Crippen molar-refractivity contribution in [1.82, 2.24) is 0 Å². The first-order valence-corrected chi connectivity index (χ1v) is 4.81. The molecule has 0 spiro atoms. The summed E-state index contributed by atoms with van der Waals surface area (Å²) in [5.74, 6) is 0. The fourth-order valence-corrected chi connectivity index (χ4v) is 1.43. The highest BCUT2D eigenvalue weighted by Crippen LogP contribution is 2.31. The molecule has 1 aromatic rings. The molecule has 1 aromatic carbocycles. The van der Waals surface area contributed by atoms with Gasteiger partial charge in [-0.2, -0.15) is 13.2 Å². The number of rotatable bonds is 3. The van der Waals surface area contributed by atoms with Gasteiger partial charge < -0.3 is 0 Å². The number of benzene rings is 1. The lowest BCUT2D eigenvalue weighted by molar-refractivity contribution is -0.137. The van der Waals surface area contributed by atoms with Gasteiger partial charge in [0.1, 0.15) is 0 Å². The topological polar surface area (TPSA) is 0 Å². The maximum atomic E-state index is 12.5. The number of hydrogen-bond acceptors (Lipinski definition) is 0. The standard InChI is InChI=1S/C12H13F3/c1-3-5-10-6-9(4-2)7-11(8-10)12(13,14)15/h4,6-8H,2-3,5H2,1H3. The quantitative estimate of drug-likeness (QED) is 0.703. The molecular weight excluding hydrogens is 201 g/mol. The Kier molecular flexibility index (Phi) is 3.56. The summed E-state index contributed by atoms with van der Waals surface area (Å²) in [5, 5.41) is 0. The summed E-state index contributed by atoms with van der Waals surface area (Å²) in [6.45, 7) is 5.43. The van der Waals surface area contributed by atoms with Gasteiger partial charge in [0.15, 0.2) is 0 Å². The van der Waals surface area contributed by atoms with Crippen LogP contribution in [0.4, 0.5) is 13.2 Å². The maximum absolute atomic E-state index is 12.5. The largest absolute Gasteiger partial charge is 0.416 e. The van der Waals surface area contributed by atoms with E-state index in [2.05, 4.69) is 6.58 Å². The molecule has 0 fully saturated rings. The minimum absolute atomic E-state index is 0.522. The first kappa shape index (κ1) is 11.8. The molecule has 0 unspecified atom stereocenters. The second kappa shape index (κ2) is 4.51. The third kappa shape index (κ3) is 3.11. The van der Waals surface area contributed by atoms with E-state index in [1.165, 1.54) is 12.1 Å². The van der Waals surface area contributed by atoms with E-state index in [4.69, 9.17) is 0 Å². The lowest BCUT2D eigenvalue weighted by Gasteiger charge is -2.10. The van der Waals surface area contributed by atoms with Crippen molar-refractivity contribution in [2.75, 3.05) is 0 Å². The van der Waals surface area contributed by atoms with Crippen molar-refractivity contribution in [2.45, 2.75) is 25.9 Å². The van der Waals surface area contributed by atoms with E-state index in [-0.39, 0.29) is 0 Å². The molecule has 82 valence electrons. The van der Waals surface area contributed by atoms with E-state index < -0.39 is 11.7 Å². The van der Waals surface area contributed by atoms with E-state index in [0.29, 0.717) is 17.5 Å². The zero-order valence-electron chi connectivity index (χ0n) is 8.56. The van der Waals surface area contributed by atoms with Gasteiger partial charge >= 0.3 is 6.18 Å². The van der Waals surface area contributed by atoms with Crippen molar-refractivity contribution in [3.05, 3.63) is 41.5 Å². The molecule has 3 heteroatoms. The number of halogens is 3. The third-order valence-electron chi connectivity index (χ3n) is 2.12. The van der Waals surface area contributed by atoms with Crippen LogP contribution in [0.2, 0.25) is 0 Å². The average molecular weight is 214 g/mol. The van der Waals surface area contributed by atoms with Crippen molar-refractivity contribution in [1.29, 1.82) is 0 Å². The van der Waals surface area contributed by atoms with E-state index in [1.54, 1.807) is 6.07 Å². The van der Waals surface area contributed by atoms with Crippen LogP contribution in [0.3, 0.4) is 0 Å². The van der Waals surface area contributed by atoms with Crippen molar-refractivity contribution < 1.29 is 13.2 Å². The Morgan fingerprint density at radius 2 is 1.93 bits per heavy atom. The van der Waals surface area contributed by atoms with Crippen molar-refractivity contribution in [3.8, 4) is 0 Å². The Labute approximate surface area is 87.4 Å². The van der Waals surface area contributed by atoms with Crippen LogP contribution < -0.4 is 0 Å². The van der Waals surface area contributed by atoms with Crippen molar-refractivity contribution in [2.24, 2.45) is 0 Å². The molecule has 0 aliphatic carbocycles. The van der Waals surface area contributed by atoms with Crippen LogP contribution in [0.5, 0.6) is 0 Å². The summed E-state index contributed by atoms with van der Waals surface area (Å²) >= 11 is 0. The third-order valence-corrected chi connectivity index (χ3v) is 2.12. The highest BCUT2D eigenvalue weighted by atomic mass is 19.4. The molecular formula is C12H13F3. The summed E-state index contributed by atoms with van der Waals surface area (Å²) in [6.07, 6.45) is -1.35. The first-order chi connectivity index (χ1) is 6.97. The molecule has 0 aliphatic heterocycles. The molecule has 1 rings (SSSR count). The fourth-order valence-electron chi connectivity index (χ4n) is 1.43. The molecule has 0 saturated heterocycles. The van der Waals surface area contributed by atoms with E-state index >= 15 is 0 Å². The Morgan fingerprint density at radius 1 is 1.27 bits per heavy atom. The van der Waals surface area contributed by atoms with Gasteiger partial charge in [-0.15, -0.1) is 0 Å². The van der Waals surface area contributed by atoms with Crippen LogP contribution >= 0.6 is 0 Å². The maximum Gasteiger partial charge on any atom is 0.416 e. The Morgan fingerprint density at radius 3 is 2.40 bits per heavy atom. The molecule has 0 amide bonds. The Balaban J connectivity index is 3.17. The summed E-state index contributed by atoms with van der Waals surface area (Å²) in [6, 6.07) is 4.06. The highest BCUT2D eigenvalue weighted by Gasteiger charge is 2.30. The zero-order chi connectivity index (χ0) is 11.5. The van der Waals surface area contributed by atoms with Gasteiger partial charge in [0.05, 0.1) is 5.56 Å². The molecule has 0 atom stereocenters. The van der Waals surface area contributed by atoms with E-state index in [1.807, 2.05) is 6.92 Å². The lowest BCUT2D eigenvalue weighted by atomic mass is 10.0. The molecule has 0 saturated carbocycles. The Hall–Kier alpha value is -1.25. The van der Waals surface area contributed by atoms with Gasteiger partial charge in [-0.1, -0.05) is 32.1 Å². The van der Waals surface area contributed by atoms with Crippen LogP contribution in [-0.2, 0) is 12.6 Å².